The van der Waals surface area contributed by atoms with E-state index in [1.165, 1.54) is 28.1 Å². The molecule has 5 nitrogen and oxygen atoms in total. The lowest BCUT2D eigenvalue weighted by atomic mass is 10.4. The molecule has 0 aromatic carbocycles. The van der Waals surface area contributed by atoms with Crippen molar-refractivity contribution >= 4 is 17.7 Å². The maximum atomic E-state index is 10.3. The Morgan fingerprint density at radius 1 is 0.923 bits per heavy atom. The fraction of sp³-hybridized carbons (Fsp3) is 0.625. The van der Waals surface area contributed by atoms with Crippen molar-refractivity contribution in [1.29, 1.82) is 0 Å². The molecule has 0 aliphatic rings. The van der Waals surface area contributed by atoms with Crippen molar-refractivity contribution in [2.75, 3.05) is 14.2 Å². The first-order valence-corrected chi connectivity index (χ1v) is 3.54. The number of hydrogen-bond acceptors (Lipinski definition) is 5. The fourth-order valence-electron chi connectivity index (χ4n) is 0.262. The highest BCUT2D eigenvalue weighted by Crippen LogP contribution is 1.85. The summed E-state index contributed by atoms with van der Waals surface area (Å²) in [5.41, 5.74) is 0. The van der Waals surface area contributed by atoms with Crippen molar-refractivity contribution in [2.45, 2.75) is 20.3 Å². The standard InChI is InChI=1S/C5H8O4.C3H6O/c1-8-4(6)3-5(7)9-2;1-3(2)4/h3H2,1-2H3;1-2H3. The molecule has 76 valence electrons. The van der Waals surface area contributed by atoms with Gasteiger partial charge in [-0.2, -0.15) is 0 Å². The highest BCUT2D eigenvalue weighted by Gasteiger charge is 2.07. The molecule has 0 aromatic heterocycles. The molecular formula is C8H14O5. The second-order valence-electron chi connectivity index (χ2n) is 2.24. The largest absolute Gasteiger partial charge is 0.469 e. The molecule has 0 spiro atoms. The Kier molecular flexibility index (Phi) is 9.48. The minimum absolute atomic E-state index is 0.167. The maximum absolute atomic E-state index is 10.3. The Morgan fingerprint density at radius 3 is 1.31 bits per heavy atom. The number of Topliss-reactive ketones (excluding diaryl/α,β-unsaturated/α-hetero) is 1. The average Bonchev–Trinajstić information content (AvgIpc) is 2.03. The van der Waals surface area contributed by atoms with E-state index in [4.69, 9.17) is 0 Å². The molecule has 0 heterocycles. The molecule has 0 unspecified atom stereocenters. The Hall–Kier alpha value is -1.39. The molecule has 0 saturated heterocycles. The van der Waals surface area contributed by atoms with Gasteiger partial charge in [0.05, 0.1) is 14.2 Å². The molecule has 0 atom stereocenters. The molecule has 0 fully saturated rings. The van der Waals surface area contributed by atoms with Crippen LogP contribution in [0.3, 0.4) is 0 Å². The summed E-state index contributed by atoms with van der Waals surface area (Å²) in [6.07, 6.45) is -0.312. The van der Waals surface area contributed by atoms with Crippen LogP contribution in [0.15, 0.2) is 0 Å². The van der Waals surface area contributed by atoms with Gasteiger partial charge in [-0.05, 0) is 13.8 Å². The van der Waals surface area contributed by atoms with Crippen molar-refractivity contribution in [1.82, 2.24) is 0 Å². The molecule has 13 heavy (non-hydrogen) atoms. The normalized spacial score (nSPS) is 7.69. The van der Waals surface area contributed by atoms with Crippen LogP contribution in [-0.2, 0) is 23.9 Å². The van der Waals surface area contributed by atoms with Crippen LogP contribution in [0.5, 0.6) is 0 Å². The highest BCUT2D eigenvalue weighted by atomic mass is 16.5. The summed E-state index contributed by atoms with van der Waals surface area (Å²) in [5, 5.41) is 0. The minimum atomic E-state index is -0.582. The third-order valence-corrected chi connectivity index (χ3v) is 0.744. The van der Waals surface area contributed by atoms with Crippen molar-refractivity contribution in [3.05, 3.63) is 0 Å². The second kappa shape index (κ2) is 8.70. The van der Waals surface area contributed by atoms with E-state index in [1.54, 1.807) is 0 Å². The number of ketones is 1. The van der Waals surface area contributed by atoms with Crippen LogP contribution in [0.2, 0.25) is 0 Å². The Labute approximate surface area is 77.0 Å². The zero-order valence-corrected chi connectivity index (χ0v) is 8.25. The molecule has 0 aliphatic carbocycles. The predicted octanol–water partition coefficient (Wildman–Crippen LogP) is 0.318. The number of hydrogen-bond donors (Lipinski definition) is 0. The smallest absolute Gasteiger partial charge is 0.316 e. The Balaban J connectivity index is 0. The summed E-state index contributed by atoms with van der Waals surface area (Å²) in [6.45, 7) is 3.06. The topological polar surface area (TPSA) is 69.7 Å². The molecule has 0 N–H and O–H groups in total. The summed E-state index contributed by atoms with van der Waals surface area (Å²) in [7, 11) is 2.43. The summed E-state index contributed by atoms with van der Waals surface area (Å²) < 4.78 is 8.37. The minimum Gasteiger partial charge on any atom is -0.469 e. The van der Waals surface area contributed by atoms with E-state index in [2.05, 4.69) is 9.47 Å². The van der Waals surface area contributed by atoms with E-state index in [-0.39, 0.29) is 12.2 Å². The van der Waals surface area contributed by atoms with Crippen LogP contribution in [0.25, 0.3) is 0 Å². The number of esters is 2. The van der Waals surface area contributed by atoms with Crippen molar-refractivity contribution < 1.29 is 23.9 Å². The quantitative estimate of drug-likeness (QED) is 0.463. The molecule has 0 saturated carbocycles. The van der Waals surface area contributed by atoms with Crippen molar-refractivity contribution in [3.8, 4) is 0 Å². The van der Waals surface area contributed by atoms with E-state index in [1.807, 2.05) is 0 Å². The van der Waals surface area contributed by atoms with E-state index < -0.39 is 11.9 Å². The Morgan fingerprint density at radius 2 is 1.15 bits per heavy atom. The molecule has 0 radical (unpaired) electrons. The van der Waals surface area contributed by atoms with Gasteiger partial charge in [0.15, 0.2) is 0 Å². The van der Waals surface area contributed by atoms with Crippen LogP contribution in [-0.4, -0.2) is 31.9 Å². The first-order chi connectivity index (χ1) is 5.93. The molecule has 0 aromatic rings. The van der Waals surface area contributed by atoms with Crippen molar-refractivity contribution in [3.63, 3.8) is 0 Å². The van der Waals surface area contributed by atoms with Crippen LogP contribution >= 0.6 is 0 Å². The lowest BCUT2D eigenvalue weighted by Crippen LogP contribution is -2.09. The molecule has 5 heteroatoms. The molecular weight excluding hydrogens is 176 g/mol. The number of carbonyl (C=O) groups is 3. The summed E-state index contributed by atoms with van der Waals surface area (Å²) >= 11 is 0. The second-order valence-corrected chi connectivity index (χ2v) is 2.24. The predicted molar refractivity (Wildman–Crippen MR) is 45.0 cm³/mol. The molecule has 0 bridgehead atoms. The van der Waals surface area contributed by atoms with Gasteiger partial charge in [0, 0.05) is 0 Å². The van der Waals surface area contributed by atoms with Gasteiger partial charge < -0.3 is 14.3 Å². The third kappa shape index (κ3) is 18.0. The van der Waals surface area contributed by atoms with Gasteiger partial charge in [-0.25, -0.2) is 0 Å². The van der Waals surface area contributed by atoms with E-state index in [9.17, 15) is 14.4 Å². The summed E-state index contributed by atoms with van der Waals surface area (Å²) in [5.74, 6) is -0.997. The monoisotopic (exact) mass is 190 g/mol. The van der Waals surface area contributed by atoms with Gasteiger partial charge in [-0.15, -0.1) is 0 Å². The van der Waals surface area contributed by atoms with Crippen LogP contribution in [0.4, 0.5) is 0 Å². The third-order valence-electron chi connectivity index (χ3n) is 0.744. The van der Waals surface area contributed by atoms with Crippen LogP contribution in [0, 0.1) is 0 Å². The molecule has 0 amide bonds. The summed E-state index contributed by atoms with van der Waals surface area (Å²) in [6, 6.07) is 0. The van der Waals surface area contributed by atoms with E-state index in [0.29, 0.717) is 0 Å². The fourth-order valence-corrected chi connectivity index (χ4v) is 0.262. The van der Waals surface area contributed by atoms with Gasteiger partial charge in [0.25, 0.3) is 0 Å². The zero-order valence-electron chi connectivity index (χ0n) is 8.25. The van der Waals surface area contributed by atoms with E-state index >= 15 is 0 Å². The maximum Gasteiger partial charge on any atom is 0.316 e. The Bertz CT molecular complexity index is 167. The lowest BCUT2D eigenvalue weighted by Gasteiger charge is -1.95. The molecule has 0 aliphatic heterocycles. The van der Waals surface area contributed by atoms with Crippen molar-refractivity contribution in [2.24, 2.45) is 0 Å². The van der Waals surface area contributed by atoms with Crippen LogP contribution < -0.4 is 0 Å². The SMILES string of the molecule is CC(C)=O.COC(=O)CC(=O)OC. The number of rotatable bonds is 2. The zero-order chi connectivity index (χ0) is 10.9. The molecule has 0 rings (SSSR count). The van der Waals surface area contributed by atoms with Gasteiger partial charge in [-0.1, -0.05) is 0 Å². The highest BCUT2D eigenvalue weighted by molar-refractivity contribution is 5.90. The number of methoxy groups -OCH3 is 2. The van der Waals surface area contributed by atoms with Gasteiger partial charge >= 0.3 is 11.9 Å². The van der Waals surface area contributed by atoms with Gasteiger partial charge in [-0.3, -0.25) is 9.59 Å². The number of carbonyl (C=O) groups excluding carboxylic acids is 3. The average molecular weight is 190 g/mol. The first-order valence-electron chi connectivity index (χ1n) is 3.54. The van der Waals surface area contributed by atoms with Gasteiger partial charge in [0.2, 0.25) is 0 Å². The van der Waals surface area contributed by atoms with E-state index in [0.717, 1.165) is 0 Å². The van der Waals surface area contributed by atoms with Gasteiger partial charge in [0.1, 0.15) is 12.2 Å². The number of ether oxygens (including phenoxy) is 2. The lowest BCUT2D eigenvalue weighted by molar-refractivity contribution is -0.151. The summed E-state index contributed by atoms with van der Waals surface area (Å²) in [4.78, 5) is 30.0. The van der Waals surface area contributed by atoms with Crippen LogP contribution in [0.1, 0.15) is 20.3 Å². The first kappa shape index (κ1) is 14.2.